The fourth-order valence-corrected chi connectivity index (χ4v) is 1.53. The maximum atomic E-state index is 11.6. The van der Waals surface area contributed by atoms with Gasteiger partial charge in [-0.1, -0.05) is 18.2 Å². The Labute approximate surface area is 114 Å². The number of benzene rings is 1. The fraction of sp³-hybridized carbons (Fsp3) is 0.308. The molecule has 1 aromatic carbocycles. The number of hydrogen-bond donors (Lipinski definition) is 3. The van der Waals surface area contributed by atoms with Gasteiger partial charge in [0.05, 0.1) is 12.8 Å². The number of aliphatic hydroxyl groups is 1. The highest BCUT2D eigenvalue weighted by atomic mass is 16.5. The summed E-state index contributed by atoms with van der Waals surface area (Å²) >= 11 is 0. The van der Waals surface area contributed by atoms with E-state index in [2.05, 4.69) is 0 Å². The van der Waals surface area contributed by atoms with E-state index in [1.165, 1.54) is 6.07 Å². The Morgan fingerprint density at radius 1 is 1.15 bits per heavy atom. The molecule has 1 aromatic rings. The number of carbonyl (C=O) groups excluding carboxylic acids is 1. The molecule has 0 aliphatic carbocycles. The van der Waals surface area contributed by atoms with Gasteiger partial charge in [-0.15, -0.1) is 0 Å². The molecule has 1 atom stereocenters. The van der Waals surface area contributed by atoms with Gasteiger partial charge in [-0.05, 0) is 18.6 Å². The van der Waals surface area contributed by atoms with Gasteiger partial charge in [-0.3, -0.25) is 9.59 Å². The average Bonchev–Trinajstić information content (AvgIpc) is 2.30. The van der Waals surface area contributed by atoms with Crippen LogP contribution in [0.3, 0.4) is 0 Å². The van der Waals surface area contributed by atoms with Crippen molar-refractivity contribution in [1.82, 2.24) is 0 Å². The first-order valence-corrected chi connectivity index (χ1v) is 5.68. The van der Waals surface area contributed by atoms with Gasteiger partial charge in [0.2, 0.25) is 0 Å². The van der Waals surface area contributed by atoms with Crippen molar-refractivity contribution in [1.29, 1.82) is 0 Å². The number of hydrogen-bond acceptors (Lipinski definition) is 5. The molecule has 7 heteroatoms. The van der Waals surface area contributed by atoms with Crippen LogP contribution in [0.5, 0.6) is 5.75 Å². The molecule has 0 amide bonds. The van der Waals surface area contributed by atoms with Gasteiger partial charge in [0.15, 0.2) is 5.60 Å². The van der Waals surface area contributed by atoms with Crippen LogP contribution in [0.1, 0.15) is 18.4 Å². The zero-order valence-corrected chi connectivity index (χ0v) is 10.7. The second kappa shape index (κ2) is 6.16. The number of aliphatic carboxylic acids is 2. The van der Waals surface area contributed by atoms with E-state index < -0.39 is 36.4 Å². The van der Waals surface area contributed by atoms with Crippen LogP contribution in [0.15, 0.2) is 24.3 Å². The Hall–Kier alpha value is -2.41. The molecule has 20 heavy (non-hydrogen) atoms. The molecular formula is C13H14O7. The van der Waals surface area contributed by atoms with Crippen LogP contribution in [0.4, 0.5) is 0 Å². The van der Waals surface area contributed by atoms with Crippen molar-refractivity contribution in [3.8, 4) is 5.75 Å². The third-order valence-corrected chi connectivity index (χ3v) is 2.60. The average molecular weight is 282 g/mol. The number of esters is 1. The number of carbonyl (C=O) groups is 3. The summed E-state index contributed by atoms with van der Waals surface area (Å²) in [6.07, 6.45) is -2.05. The van der Waals surface area contributed by atoms with E-state index >= 15 is 0 Å². The highest BCUT2D eigenvalue weighted by Gasteiger charge is 2.41. The molecule has 0 bridgehead atoms. The molecule has 1 rings (SSSR count). The molecule has 0 saturated heterocycles. The summed E-state index contributed by atoms with van der Waals surface area (Å²) in [4.78, 5) is 33.1. The monoisotopic (exact) mass is 282 g/mol. The minimum Gasteiger partial charge on any atom is -0.481 e. The molecule has 3 N–H and O–H groups in total. The zero-order valence-electron chi connectivity index (χ0n) is 10.7. The highest BCUT2D eigenvalue weighted by molar-refractivity contribution is 5.89. The lowest BCUT2D eigenvalue weighted by Gasteiger charge is -2.20. The topological polar surface area (TPSA) is 121 Å². The molecule has 1 unspecified atom stereocenters. The molecule has 0 spiro atoms. The van der Waals surface area contributed by atoms with Gasteiger partial charge in [-0.25, -0.2) is 4.79 Å². The number of para-hydroxylation sites is 1. The Bertz CT molecular complexity index is 537. The van der Waals surface area contributed by atoms with Gasteiger partial charge < -0.3 is 20.1 Å². The van der Waals surface area contributed by atoms with Crippen molar-refractivity contribution in [2.75, 3.05) is 0 Å². The van der Waals surface area contributed by atoms with E-state index in [1.807, 2.05) is 0 Å². The molecular weight excluding hydrogens is 268 g/mol. The number of rotatable bonds is 6. The maximum absolute atomic E-state index is 11.6. The van der Waals surface area contributed by atoms with Crippen LogP contribution >= 0.6 is 0 Å². The largest absolute Gasteiger partial charge is 0.481 e. The van der Waals surface area contributed by atoms with Crippen molar-refractivity contribution >= 4 is 17.9 Å². The summed E-state index contributed by atoms with van der Waals surface area (Å²) in [5.74, 6) is -4.12. The SMILES string of the molecule is Cc1ccccc1OC(=O)CC(O)(CC(=O)O)C(=O)O. The molecule has 0 aromatic heterocycles. The molecule has 108 valence electrons. The maximum Gasteiger partial charge on any atom is 0.336 e. The van der Waals surface area contributed by atoms with Crippen molar-refractivity contribution in [2.24, 2.45) is 0 Å². The van der Waals surface area contributed by atoms with Crippen LogP contribution in [0.25, 0.3) is 0 Å². The predicted octanol–water partition coefficient (Wildman–Crippen LogP) is 0.581. The van der Waals surface area contributed by atoms with Gasteiger partial charge in [0.25, 0.3) is 0 Å². The summed E-state index contributed by atoms with van der Waals surface area (Å²) in [7, 11) is 0. The van der Waals surface area contributed by atoms with Crippen molar-refractivity contribution in [2.45, 2.75) is 25.4 Å². The van der Waals surface area contributed by atoms with E-state index in [-0.39, 0.29) is 5.75 Å². The summed E-state index contributed by atoms with van der Waals surface area (Å²) < 4.78 is 4.92. The lowest BCUT2D eigenvalue weighted by atomic mass is 9.96. The van der Waals surface area contributed by atoms with Crippen LogP contribution in [0, 0.1) is 6.92 Å². The van der Waals surface area contributed by atoms with Gasteiger partial charge in [0, 0.05) is 0 Å². The molecule has 0 aliphatic heterocycles. The molecule has 0 saturated carbocycles. The molecule has 0 fully saturated rings. The fourth-order valence-electron chi connectivity index (χ4n) is 1.53. The second-order valence-corrected chi connectivity index (χ2v) is 4.32. The third kappa shape index (κ3) is 4.06. The molecule has 0 radical (unpaired) electrons. The van der Waals surface area contributed by atoms with Crippen molar-refractivity contribution < 1.29 is 34.4 Å². The number of carboxylic acids is 2. The second-order valence-electron chi connectivity index (χ2n) is 4.32. The van der Waals surface area contributed by atoms with Gasteiger partial charge >= 0.3 is 17.9 Å². The number of aryl methyl sites for hydroxylation is 1. The first-order chi connectivity index (χ1) is 9.24. The highest BCUT2D eigenvalue weighted by Crippen LogP contribution is 2.21. The normalized spacial score (nSPS) is 13.3. The summed E-state index contributed by atoms with van der Waals surface area (Å²) in [5, 5.41) is 27.1. The van der Waals surface area contributed by atoms with Crippen LogP contribution in [-0.2, 0) is 14.4 Å². The van der Waals surface area contributed by atoms with Gasteiger partial charge in [-0.2, -0.15) is 0 Å². The first-order valence-electron chi connectivity index (χ1n) is 5.68. The van der Waals surface area contributed by atoms with Crippen LogP contribution in [0.2, 0.25) is 0 Å². The van der Waals surface area contributed by atoms with Crippen LogP contribution in [-0.4, -0.2) is 38.8 Å². The molecule has 0 heterocycles. The predicted molar refractivity (Wildman–Crippen MR) is 66.3 cm³/mol. The third-order valence-electron chi connectivity index (χ3n) is 2.60. The minimum atomic E-state index is -2.69. The Balaban J connectivity index is 2.80. The van der Waals surface area contributed by atoms with E-state index in [1.54, 1.807) is 25.1 Å². The van der Waals surface area contributed by atoms with E-state index in [0.717, 1.165) is 0 Å². The Morgan fingerprint density at radius 2 is 1.75 bits per heavy atom. The summed E-state index contributed by atoms with van der Waals surface area (Å²) in [6, 6.07) is 6.54. The van der Waals surface area contributed by atoms with Crippen molar-refractivity contribution in [3.05, 3.63) is 29.8 Å². The number of ether oxygens (including phenoxy) is 1. The summed E-state index contributed by atoms with van der Waals surface area (Å²) in [6.45, 7) is 1.68. The Kier molecular flexibility index (Phi) is 4.82. The number of carboxylic acid groups (broad SMARTS) is 2. The summed E-state index contributed by atoms with van der Waals surface area (Å²) in [5.41, 5.74) is -2.04. The standard InChI is InChI=1S/C13H14O7/c1-8-4-2-3-5-9(8)20-11(16)7-13(19,12(17)18)6-10(14)15/h2-5,19H,6-7H2,1H3,(H,14,15)(H,17,18). The molecule has 0 aliphatic rings. The lowest BCUT2D eigenvalue weighted by molar-refractivity contribution is -0.169. The van der Waals surface area contributed by atoms with Crippen molar-refractivity contribution in [3.63, 3.8) is 0 Å². The smallest absolute Gasteiger partial charge is 0.336 e. The molecule has 7 nitrogen and oxygen atoms in total. The van der Waals surface area contributed by atoms with Gasteiger partial charge in [0.1, 0.15) is 5.75 Å². The first kappa shape index (κ1) is 15.6. The van der Waals surface area contributed by atoms with E-state index in [0.29, 0.717) is 5.56 Å². The van der Waals surface area contributed by atoms with E-state index in [4.69, 9.17) is 14.9 Å². The quantitative estimate of drug-likeness (QED) is 0.515. The van der Waals surface area contributed by atoms with Crippen LogP contribution < -0.4 is 4.74 Å². The lowest BCUT2D eigenvalue weighted by Crippen LogP contribution is -2.43. The van der Waals surface area contributed by atoms with E-state index in [9.17, 15) is 19.5 Å². The Morgan fingerprint density at radius 3 is 2.25 bits per heavy atom. The minimum absolute atomic E-state index is 0.223. The zero-order chi connectivity index (χ0) is 15.3.